The Kier molecular flexibility index (Phi) is 6.18. The fraction of sp³-hybridized carbons (Fsp3) is 0. The monoisotopic (exact) mass is 623 g/mol. The smallest absolute Gasteiger partial charge is 0.160 e. The largest absolute Gasteiger partial charge is 0.309 e. The van der Waals surface area contributed by atoms with Gasteiger partial charge in [-0.2, -0.15) is 0 Å². The van der Waals surface area contributed by atoms with E-state index >= 15 is 0 Å². The number of hydrogen-bond donors (Lipinski definition) is 0. The summed E-state index contributed by atoms with van der Waals surface area (Å²) in [5.74, 6) is 0.712. The second kappa shape index (κ2) is 11.0. The molecular weight excluding hydrogens is 595 g/mol. The standard InChI is InChI=1S/C46H29N3/c1-3-15-31(16-4-1)40-29-41(48-46(47-40)32-17-5-2-6-18-32)33-19-13-20-34(28-33)49-42-25-12-11-24-38(42)44-39-27-26-30-14-7-8-21-35(30)43(39)36-22-9-10-23-37(36)45(44)49/h1-29H. The van der Waals surface area contributed by atoms with Gasteiger partial charge in [-0.3, -0.25) is 0 Å². The molecule has 0 saturated carbocycles. The van der Waals surface area contributed by atoms with Gasteiger partial charge in [-0.15, -0.1) is 0 Å². The summed E-state index contributed by atoms with van der Waals surface area (Å²) in [5, 5.41) is 10.1. The molecule has 3 nitrogen and oxygen atoms in total. The summed E-state index contributed by atoms with van der Waals surface area (Å²) in [7, 11) is 0. The van der Waals surface area contributed by atoms with Gasteiger partial charge in [0, 0.05) is 38.5 Å². The zero-order valence-electron chi connectivity index (χ0n) is 26.6. The predicted molar refractivity (Wildman–Crippen MR) is 205 cm³/mol. The summed E-state index contributed by atoms with van der Waals surface area (Å²) in [5.41, 5.74) is 8.37. The van der Waals surface area contributed by atoms with E-state index in [0.29, 0.717) is 5.82 Å². The molecule has 0 radical (unpaired) electrons. The van der Waals surface area contributed by atoms with E-state index in [9.17, 15) is 0 Å². The van der Waals surface area contributed by atoms with Crippen LogP contribution >= 0.6 is 0 Å². The van der Waals surface area contributed by atoms with Crippen molar-refractivity contribution in [1.29, 1.82) is 0 Å². The summed E-state index contributed by atoms with van der Waals surface area (Å²) in [4.78, 5) is 10.2. The Bertz CT molecular complexity index is 2810. The third-order valence-corrected chi connectivity index (χ3v) is 9.75. The lowest BCUT2D eigenvalue weighted by Crippen LogP contribution is -1.98. The molecule has 49 heavy (non-hydrogen) atoms. The minimum absolute atomic E-state index is 0.712. The Morgan fingerprint density at radius 3 is 1.78 bits per heavy atom. The van der Waals surface area contributed by atoms with Crippen LogP contribution in [0.1, 0.15) is 0 Å². The molecule has 0 aliphatic carbocycles. The van der Waals surface area contributed by atoms with Crippen molar-refractivity contribution in [2.24, 2.45) is 0 Å². The zero-order valence-corrected chi connectivity index (χ0v) is 26.6. The Morgan fingerprint density at radius 1 is 0.367 bits per heavy atom. The first-order chi connectivity index (χ1) is 24.3. The topological polar surface area (TPSA) is 30.7 Å². The van der Waals surface area contributed by atoms with Gasteiger partial charge in [0.1, 0.15) is 0 Å². The van der Waals surface area contributed by atoms with Crippen molar-refractivity contribution in [2.75, 3.05) is 0 Å². The molecule has 0 atom stereocenters. The molecule has 2 heterocycles. The molecule has 10 aromatic rings. The lowest BCUT2D eigenvalue weighted by Gasteiger charge is -2.15. The van der Waals surface area contributed by atoms with Gasteiger partial charge in [0.05, 0.1) is 22.4 Å². The van der Waals surface area contributed by atoms with Gasteiger partial charge in [0.2, 0.25) is 0 Å². The number of para-hydroxylation sites is 1. The fourth-order valence-corrected chi connectivity index (χ4v) is 7.59. The van der Waals surface area contributed by atoms with E-state index in [4.69, 9.17) is 9.97 Å². The van der Waals surface area contributed by atoms with E-state index < -0.39 is 0 Å². The maximum absolute atomic E-state index is 5.15. The Labute approximate surface area is 283 Å². The van der Waals surface area contributed by atoms with Gasteiger partial charge in [-0.25, -0.2) is 9.97 Å². The molecule has 10 rings (SSSR count). The molecule has 0 saturated heterocycles. The first-order valence-electron chi connectivity index (χ1n) is 16.7. The summed E-state index contributed by atoms with van der Waals surface area (Å²) in [6, 6.07) is 62.5. The number of benzene rings is 8. The van der Waals surface area contributed by atoms with Gasteiger partial charge in [-0.05, 0) is 51.2 Å². The van der Waals surface area contributed by atoms with Crippen molar-refractivity contribution >= 4 is 54.1 Å². The summed E-state index contributed by atoms with van der Waals surface area (Å²) in [6.45, 7) is 0. The van der Waals surface area contributed by atoms with Gasteiger partial charge in [0.15, 0.2) is 5.82 Å². The van der Waals surface area contributed by atoms with Crippen LogP contribution in [0.4, 0.5) is 0 Å². The highest BCUT2D eigenvalue weighted by molar-refractivity contribution is 6.36. The number of hydrogen-bond acceptors (Lipinski definition) is 2. The molecule has 8 aromatic carbocycles. The first-order valence-corrected chi connectivity index (χ1v) is 16.7. The molecule has 0 fully saturated rings. The van der Waals surface area contributed by atoms with Gasteiger partial charge in [-0.1, -0.05) is 152 Å². The molecule has 228 valence electrons. The van der Waals surface area contributed by atoms with Crippen molar-refractivity contribution in [3.8, 4) is 39.6 Å². The maximum atomic E-state index is 5.15. The van der Waals surface area contributed by atoms with Crippen LogP contribution in [0.25, 0.3) is 93.7 Å². The Balaban J connectivity index is 1.27. The summed E-state index contributed by atoms with van der Waals surface area (Å²) < 4.78 is 2.45. The Hall–Kier alpha value is -6.58. The van der Waals surface area contributed by atoms with Crippen LogP contribution in [0.2, 0.25) is 0 Å². The van der Waals surface area contributed by atoms with Crippen molar-refractivity contribution < 1.29 is 0 Å². The average molecular weight is 624 g/mol. The SMILES string of the molecule is c1ccc(-c2cc(-c3cccc(-n4c5ccccc5c5c6ccc7ccccc7c6c6ccccc6c54)c3)nc(-c3ccccc3)n2)cc1. The highest BCUT2D eigenvalue weighted by Gasteiger charge is 2.20. The number of nitrogens with zero attached hydrogens (tertiary/aromatic N) is 3. The number of rotatable bonds is 4. The van der Waals surface area contributed by atoms with Crippen LogP contribution in [0.3, 0.4) is 0 Å². The minimum Gasteiger partial charge on any atom is -0.309 e. The van der Waals surface area contributed by atoms with Crippen LogP contribution in [0.5, 0.6) is 0 Å². The third-order valence-electron chi connectivity index (χ3n) is 9.75. The average Bonchev–Trinajstić information content (AvgIpc) is 3.54. The molecule has 0 aliphatic rings. The van der Waals surface area contributed by atoms with Crippen molar-refractivity contribution in [1.82, 2.24) is 14.5 Å². The molecular formula is C46H29N3. The third kappa shape index (κ3) is 4.37. The van der Waals surface area contributed by atoms with Crippen LogP contribution in [-0.2, 0) is 0 Å². The fourth-order valence-electron chi connectivity index (χ4n) is 7.59. The Morgan fingerprint density at radius 2 is 0.980 bits per heavy atom. The quantitative estimate of drug-likeness (QED) is 0.183. The molecule has 0 unspecified atom stereocenters. The van der Waals surface area contributed by atoms with E-state index in [2.05, 4.69) is 156 Å². The lowest BCUT2D eigenvalue weighted by molar-refractivity contribution is 1.17. The van der Waals surface area contributed by atoms with Crippen LogP contribution in [0.15, 0.2) is 176 Å². The summed E-state index contributed by atoms with van der Waals surface area (Å²) in [6.07, 6.45) is 0. The molecule has 0 aliphatic heterocycles. The van der Waals surface area contributed by atoms with E-state index in [1.807, 2.05) is 24.3 Å². The molecule has 0 amide bonds. The highest BCUT2D eigenvalue weighted by Crippen LogP contribution is 2.44. The van der Waals surface area contributed by atoms with Crippen LogP contribution < -0.4 is 0 Å². The minimum atomic E-state index is 0.712. The van der Waals surface area contributed by atoms with E-state index in [1.165, 1.54) is 54.1 Å². The molecule has 2 aromatic heterocycles. The van der Waals surface area contributed by atoms with Crippen LogP contribution in [-0.4, -0.2) is 14.5 Å². The van der Waals surface area contributed by atoms with Crippen molar-refractivity contribution in [3.05, 3.63) is 176 Å². The molecule has 0 spiro atoms. The van der Waals surface area contributed by atoms with Crippen LogP contribution in [0, 0.1) is 0 Å². The first kappa shape index (κ1) is 27.5. The normalized spacial score (nSPS) is 11.7. The second-order valence-electron chi connectivity index (χ2n) is 12.6. The lowest BCUT2D eigenvalue weighted by atomic mass is 9.93. The van der Waals surface area contributed by atoms with Gasteiger partial charge >= 0.3 is 0 Å². The molecule has 0 N–H and O–H groups in total. The van der Waals surface area contributed by atoms with Gasteiger partial charge < -0.3 is 4.57 Å². The molecule has 0 bridgehead atoms. The van der Waals surface area contributed by atoms with Crippen molar-refractivity contribution in [3.63, 3.8) is 0 Å². The van der Waals surface area contributed by atoms with E-state index in [0.717, 1.165) is 33.8 Å². The predicted octanol–water partition coefficient (Wildman–Crippen LogP) is 12.0. The maximum Gasteiger partial charge on any atom is 0.160 e. The molecule has 3 heteroatoms. The van der Waals surface area contributed by atoms with E-state index in [-0.39, 0.29) is 0 Å². The van der Waals surface area contributed by atoms with Crippen molar-refractivity contribution in [2.45, 2.75) is 0 Å². The highest BCUT2D eigenvalue weighted by atomic mass is 15.0. The second-order valence-corrected chi connectivity index (χ2v) is 12.6. The number of fused-ring (bicyclic) bond motifs is 10. The van der Waals surface area contributed by atoms with Gasteiger partial charge in [0.25, 0.3) is 0 Å². The number of aromatic nitrogens is 3. The zero-order chi connectivity index (χ0) is 32.3. The summed E-state index contributed by atoms with van der Waals surface area (Å²) >= 11 is 0. The van der Waals surface area contributed by atoms with E-state index in [1.54, 1.807) is 0 Å².